The van der Waals surface area contributed by atoms with Gasteiger partial charge in [-0.2, -0.15) is 8.42 Å². The number of benzene rings is 1. The molecule has 0 spiro atoms. The van der Waals surface area contributed by atoms with Crippen molar-refractivity contribution in [2.45, 2.75) is 0 Å². The molecule has 2 N–H and O–H groups in total. The standard InChI is InChI=1S/C7H7F2NO3S/c1-14(11,12)13-4-2-5(8)7(10)6(9)3-4/h2-3H,10H2,1H3. The molecule has 0 aliphatic rings. The van der Waals surface area contributed by atoms with E-state index in [1.54, 1.807) is 0 Å². The van der Waals surface area contributed by atoms with Crippen molar-refractivity contribution < 1.29 is 21.4 Å². The molecule has 0 radical (unpaired) electrons. The number of nitrogen functional groups attached to an aromatic ring is 1. The molecular formula is C7H7F2NO3S. The third-order valence-electron chi connectivity index (χ3n) is 1.30. The van der Waals surface area contributed by atoms with Crippen LogP contribution in [0.3, 0.4) is 0 Å². The highest BCUT2D eigenvalue weighted by Gasteiger charge is 2.11. The molecule has 1 rings (SSSR count). The van der Waals surface area contributed by atoms with Crippen LogP contribution < -0.4 is 9.92 Å². The second kappa shape index (κ2) is 3.41. The van der Waals surface area contributed by atoms with Gasteiger partial charge in [-0.1, -0.05) is 0 Å². The first-order valence-corrected chi connectivity index (χ1v) is 5.25. The van der Waals surface area contributed by atoms with E-state index in [0.29, 0.717) is 12.1 Å². The van der Waals surface area contributed by atoms with Crippen LogP contribution >= 0.6 is 0 Å². The minimum Gasteiger partial charge on any atom is -0.394 e. The number of hydrogen-bond acceptors (Lipinski definition) is 4. The molecule has 0 aromatic heterocycles. The van der Waals surface area contributed by atoms with E-state index in [0.717, 1.165) is 6.26 Å². The molecule has 4 nitrogen and oxygen atoms in total. The van der Waals surface area contributed by atoms with E-state index in [9.17, 15) is 17.2 Å². The quantitative estimate of drug-likeness (QED) is 0.597. The second-order valence-electron chi connectivity index (χ2n) is 2.59. The number of hydrogen-bond donors (Lipinski definition) is 1. The first-order valence-electron chi connectivity index (χ1n) is 3.43. The van der Waals surface area contributed by atoms with Crippen molar-refractivity contribution in [3.63, 3.8) is 0 Å². The topological polar surface area (TPSA) is 69.4 Å². The smallest absolute Gasteiger partial charge is 0.306 e. The summed E-state index contributed by atoms with van der Waals surface area (Å²) >= 11 is 0. The summed E-state index contributed by atoms with van der Waals surface area (Å²) in [6.45, 7) is 0. The van der Waals surface area contributed by atoms with Crippen molar-refractivity contribution in [1.82, 2.24) is 0 Å². The fourth-order valence-corrected chi connectivity index (χ4v) is 1.23. The van der Waals surface area contributed by atoms with Crippen LogP contribution in [-0.4, -0.2) is 14.7 Å². The lowest BCUT2D eigenvalue weighted by Crippen LogP contribution is -2.07. The van der Waals surface area contributed by atoms with Crippen LogP contribution in [0.15, 0.2) is 12.1 Å². The van der Waals surface area contributed by atoms with Gasteiger partial charge in [-0.3, -0.25) is 0 Å². The Morgan fingerprint density at radius 3 is 2.07 bits per heavy atom. The molecule has 0 fully saturated rings. The first-order chi connectivity index (χ1) is 6.29. The molecule has 0 amide bonds. The predicted molar refractivity (Wildman–Crippen MR) is 46.2 cm³/mol. The fourth-order valence-electron chi connectivity index (χ4n) is 0.784. The van der Waals surface area contributed by atoms with Crippen LogP contribution in [0.25, 0.3) is 0 Å². The van der Waals surface area contributed by atoms with Gasteiger partial charge >= 0.3 is 10.1 Å². The van der Waals surface area contributed by atoms with Gasteiger partial charge in [-0.25, -0.2) is 8.78 Å². The number of rotatable bonds is 2. The number of nitrogens with two attached hydrogens (primary N) is 1. The summed E-state index contributed by atoms with van der Waals surface area (Å²) < 4.78 is 51.0. The molecule has 0 atom stereocenters. The van der Waals surface area contributed by atoms with Crippen molar-refractivity contribution in [2.75, 3.05) is 12.0 Å². The molecule has 7 heteroatoms. The van der Waals surface area contributed by atoms with Gasteiger partial charge in [-0.15, -0.1) is 0 Å². The van der Waals surface area contributed by atoms with Gasteiger partial charge in [0.25, 0.3) is 0 Å². The summed E-state index contributed by atoms with van der Waals surface area (Å²) in [6, 6.07) is 1.39. The maximum absolute atomic E-state index is 12.8. The SMILES string of the molecule is CS(=O)(=O)Oc1cc(F)c(N)c(F)c1. The first kappa shape index (κ1) is 10.7. The van der Waals surface area contributed by atoms with Crippen LogP contribution in [0.1, 0.15) is 0 Å². The molecule has 0 bridgehead atoms. The Labute approximate surface area is 79.4 Å². The van der Waals surface area contributed by atoms with Gasteiger partial charge < -0.3 is 9.92 Å². The molecule has 0 saturated heterocycles. The molecular weight excluding hydrogens is 216 g/mol. The second-order valence-corrected chi connectivity index (χ2v) is 4.16. The third kappa shape index (κ3) is 2.56. The van der Waals surface area contributed by atoms with Crippen molar-refractivity contribution in [1.29, 1.82) is 0 Å². The van der Waals surface area contributed by atoms with E-state index in [2.05, 4.69) is 4.18 Å². The summed E-state index contributed by atoms with van der Waals surface area (Å²) in [6.07, 6.45) is 0.763. The number of anilines is 1. The van der Waals surface area contributed by atoms with Crippen LogP contribution in [-0.2, 0) is 10.1 Å². The van der Waals surface area contributed by atoms with Gasteiger partial charge in [0.1, 0.15) is 11.4 Å². The zero-order valence-electron chi connectivity index (χ0n) is 7.12. The highest BCUT2D eigenvalue weighted by Crippen LogP contribution is 2.22. The maximum atomic E-state index is 12.8. The van der Waals surface area contributed by atoms with Crippen molar-refractivity contribution in [3.05, 3.63) is 23.8 Å². The van der Waals surface area contributed by atoms with Crippen molar-refractivity contribution >= 4 is 15.8 Å². The Kier molecular flexibility index (Phi) is 2.61. The normalized spacial score (nSPS) is 11.4. The molecule has 78 valence electrons. The highest BCUT2D eigenvalue weighted by atomic mass is 32.2. The average Bonchev–Trinajstić information content (AvgIpc) is 1.96. The minimum atomic E-state index is -3.80. The lowest BCUT2D eigenvalue weighted by atomic mass is 10.3. The predicted octanol–water partition coefficient (Wildman–Crippen LogP) is 0.885. The van der Waals surface area contributed by atoms with E-state index in [1.165, 1.54) is 0 Å². The number of halogens is 2. The van der Waals surface area contributed by atoms with Crippen molar-refractivity contribution in [3.8, 4) is 5.75 Å². The zero-order chi connectivity index (χ0) is 10.9. The Morgan fingerprint density at radius 1 is 1.29 bits per heavy atom. The van der Waals surface area contributed by atoms with Crippen LogP contribution in [0.4, 0.5) is 14.5 Å². The lowest BCUT2D eigenvalue weighted by Gasteiger charge is -2.04. The van der Waals surface area contributed by atoms with Crippen LogP contribution in [0.5, 0.6) is 5.75 Å². The van der Waals surface area contributed by atoms with E-state index in [-0.39, 0.29) is 0 Å². The molecule has 0 heterocycles. The third-order valence-corrected chi connectivity index (χ3v) is 1.80. The summed E-state index contributed by atoms with van der Waals surface area (Å²) in [5.74, 6) is -2.58. The van der Waals surface area contributed by atoms with Gasteiger partial charge in [0.05, 0.1) is 6.26 Å². The highest BCUT2D eigenvalue weighted by molar-refractivity contribution is 7.86. The monoisotopic (exact) mass is 223 g/mol. The van der Waals surface area contributed by atoms with E-state index < -0.39 is 33.2 Å². The maximum Gasteiger partial charge on any atom is 0.306 e. The summed E-state index contributed by atoms with van der Waals surface area (Å²) in [7, 11) is -3.80. The van der Waals surface area contributed by atoms with Gasteiger partial charge in [0, 0.05) is 12.1 Å². The van der Waals surface area contributed by atoms with Gasteiger partial charge in [0.15, 0.2) is 11.6 Å². The summed E-state index contributed by atoms with van der Waals surface area (Å²) in [5.41, 5.74) is 4.28. The Hall–Kier alpha value is -1.37. The minimum absolute atomic E-state index is 0.448. The largest absolute Gasteiger partial charge is 0.394 e. The van der Waals surface area contributed by atoms with Crippen LogP contribution in [0, 0.1) is 11.6 Å². The lowest BCUT2D eigenvalue weighted by molar-refractivity contribution is 0.485. The zero-order valence-corrected chi connectivity index (χ0v) is 7.94. The van der Waals surface area contributed by atoms with Gasteiger partial charge in [0.2, 0.25) is 0 Å². The molecule has 14 heavy (non-hydrogen) atoms. The molecule has 0 saturated carbocycles. The molecule has 1 aromatic rings. The van der Waals surface area contributed by atoms with Crippen molar-refractivity contribution in [2.24, 2.45) is 0 Å². The van der Waals surface area contributed by atoms with Crippen LogP contribution in [0.2, 0.25) is 0 Å². The Morgan fingerprint density at radius 2 is 1.71 bits per heavy atom. The summed E-state index contributed by atoms with van der Waals surface area (Å²) in [4.78, 5) is 0. The van der Waals surface area contributed by atoms with Gasteiger partial charge in [-0.05, 0) is 0 Å². The fraction of sp³-hybridized carbons (Fsp3) is 0.143. The Bertz CT molecular complexity index is 435. The molecule has 0 unspecified atom stereocenters. The van der Waals surface area contributed by atoms with E-state index in [4.69, 9.17) is 5.73 Å². The van der Waals surface area contributed by atoms with E-state index >= 15 is 0 Å². The van der Waals surface area contributed by atoms with E-state index in [1.807, 2.05) is 0 Å². The molecule has 0 aliphatic carbocycles. The molecule has 0 aliphatic heterocycles. The molecule has 1 aromatic carbocycles. The average molecular weight is 223 g/mol. The Balaban J connectivity index is 3.14. The summed E-state index contributed by atoms with van der Waals surface area (Å²) in [5, 5.41) is 0.